The summed E-state index contributed by atoms with van der Waals surface area (Å²) in [5.74, 6) is 1.30. The maximum absolute atomic E-state index is 12.3. The van der Waals surface area contributed by atoms with Crippen molar-refractivity contribution in [1.29, 1.82) is 0 Å². The highest BCUT2D eigenvalue weighted by Crippen LogP contribution is 2.25. The third-order valence-corrected chi connectivity index (χ3v) is 5.29. The Kier molecular flexibility index (Phi) is 7.06. The van der Waals surface area contributed by atoms with Crippen molar-refractivity contribution < 1.29 is 13.7 Å². The normalized spacial score (nSPS) is 17.1. The molecule has 122 valence electrons. The number of ether oxygens (including phenoxy) is 1. The summed E-state index contributed by atoms with van der Waals surface area (Å²) < 4.78 is 16.8. The van der Waals surface area contributed by atoms with Crippen molar-refractivity contribution in [1.82, 2.24) is 0 Å². The number of methoxy groups -OCH3 is 1. The van der Waals surface area contributed by atoms with Crippen LogP contribution >= 0.6 is 0 Å². The van der Waals surface area contributed by atoms with E-state index < -0.39 is 10.8 Å². The molecule has 1 aliphatic carbocycles. The van der Waals surface area contributed by atoms with Gasteiger partial charge >= 0.3 is 0 Å². The van der Waals surface area contributed by atoms with E-state index in [0.717, 1.165) is 36.9 Å². The van der Waals surface area contributed by atoms with Crippen LogP contribution in [-0.4, -0.2) is 29.6 Å². The van der Waals surface area contributed by atoms with Crippen LogP contribution in [0.3, 0.4) is 0 Å². The lowest BCUT2D eigenvalue weighted by Crippen LogP contribution is -2.24. The third-order valence-electron chi connectivity index (χ3n) is 4.01. The zero-order valence-corrected chi connectivity index (χ0v) is 14.0. The molecule has 0 spiro atoms. The Balaban J connectivity index is 1.90. The second-order valence-corrected chi connectivity index (χ2v) is 7.38. The number of hydrogen-bond donors (Lipinski definition) is 1. The van der Waals surface area contributed by atoms with Gasteiger partial charge in [0.05, 0.1) is 6.61 Å². The van der Waals surface area contributed by atoms with Crippen LogP contribution in [-0.2, 0) is 26.1 Å². The molecule has 1 unspecified atom stereocenters. The van der Waals surface area contributed by atoms with Gasteiger partial charge < -0.3 is 10.1 Å². The third kappa shape index (κ3) is 5.54. The number of benzene rings is 1. The molecule has 1 saturated carbocycles. The average molecular weight is 323 g/mol. The fourth-order valence-corrected chi connectivity index (χ4v) is 3.83. The predicted octanol–water partition coefficient (Wildman–Crippen LogP) is 3.10. The lowest BCUT2D eigenvalue weighted by molar-refractivity contribution is -0.120. The molecule has 1 amide bonds. The molecule has 1 aromatic carbocycles. The van der Waals surface area contributed by atoms with Gasteiger partial charge in [0.1, 0.15) is 0 Å². The summed E-state index contributed by atoms with van der Waals surface area (Å²) in [6.45, 7) is 0.505. The van der Waals surface area contributed by atoms with Crippen molar-refractivity contribution in [2.45, 2.75) is 37.9 Å². The molecule has 0 bridgehead atoms. The van der Waals surface area contributed by atoms with Crippen molar-refractivity contribution in [3.8, 4) is 0 Å². The van der Waals surface area contributed by atoms with E-state index in [-0.39, 0.29) is 11.8 Å². The Morgan fingerprint density at radius 1 is 1.32 bits per heavy atom. The molecule has 4 nitrogen and oxygen atoms in total. The number of carbonyl (C=O) groups is 1. The molecular weight excluding hydrogens is 298 g/mol. The van der Waals surface area contributed by atoms with Crippen molar-refractivity contribution in [2.75, 3.05) is 24.8 Å². The average Bonchev–Trinajstić information content (AvgIpc) is 2.54. The van der Waals surface area contributed by atoms with E-state index in [0.29, 0.717) is 18.1 Å². The summed E-state index contributed by atoms with van der Waals surface area (Å²) in [5, 5.41) is 3.01. The molecule has 1 fully saturated rings. The van der Waals surface area contributed by atoms with Gasteiger partial charge in [0.15, 0.2) is 0 Å². The molecule has 1 aliphatic rings. The van der Waals surface area contributed by atoms with Crippen LogP contribution < -0.4 is 5.32 Å². The first-order valence-corrected chi connectivity index (χ1v) is 9.41. The topological polar surface area (TPSA) is 55.4 Å². The zero-order valence-electron chi connectivity index (χ0n) is 13.2. The molecule has 2 rings (SSSR count). The van der Waals surface area contributed by atoms with Crippen LogP contribution in [0, 0.1) is 5.92 Å². The first-order chi connectivity index (χ1) is 10.7. The highest BCUT2D eigenvalue weighted by molar-refractivity contribution is 7.84. The quantitative estimate of drug-likeness (QED) is 0.839. The zero-order chi connectivity index (χ0) is 15.8. The number of amides is 1. The minimum atomic E-state index is -0.934. The van der Waals surface area contributed by atoms with Crippen molar-refractivity contribution in [3.05, 3.63) is 29.8 Å². The molecular formula is C17H25NO3S. The minimum absolute atomic E-state index is 0.123. The standard InChI is InChI=1S/C17H25NO3S/c1-21-10-11-22(20)13-14-6-5-9-16(12-14)18-17(19)15-7-3-2-4-8-15/h5-6,9,12,15H,2-4,7-8,10-11,13H2,1H3,(H,18,19). The van der Waals surface area contributed by atoms with Gasteiger partial charge in [0, 0.05) is 41.0 Å². The van der Waals surface area contributed by atoms with Gasteiger partial charge in [-0.3, -0.25) is 9.00 Å². The SMILES string of the molecule is COCCS(=O)Cc1cccc(NC(=O)C2CCCCC2)c1. The van der Waals surface area contributed by atoms with Gasteiger partial charge in [-0.15, -0.1) is 0 Å². The summed E-state index contributed by atoms with van der Waals surface area (Å²) in [4.78, 5) is 12.3. The van der Waals surface area contributed by atoms with Crippen LogP contribution in [0.15, 0.2) is 24.3 Å². The number of hydrogen-bond acceptors (Lipinski definition) is 3. The van der Waals surface area contributed by atoms with Gasteiger partial charge in [-0.1, -0.05) is 31.4 Å². The van der Waals surface area contributed by atoms with Crippen molar-refractivity contribution in [3.63, 3.8) is 0 Å². The molecule has 0 saturated heterocycles. The summed E-state index contributed by atoms with van der Waals surface area (Å²) in [5.41, 5.74) is 1.78. The fourth-order valence-electron chi connectivity index (χ4n) is 2.78. The van der Waals surface area contributed by atoms with Gasteiger partial charge in [-0.25, -0.2) is 0 Å². The summed E-state index contributed by atoms with van der Waals surface area (Å²) >= 11 is 0. The Labute approximate surface area is 135 Å². The second-order valence-electron chi connectivity index (χ2n) is 5.81. The maximum Gasteiger partial charge on any atom is 0.227 e. The van der Waals surface area contributed by atoms with Crippen molar-refractivity contribution >= 4 is 22.4 Å². The lowest BCUT2D eigenvalue weighted by atomic mass is 9.88. The van der Waals surface area contributed by atoms with Gasteiger partial charge in [-0.05, 0) is 30.5 Å². The highest BCUT2D eigenvalue weighted by atomic mass is 32.2. The Bertz CT molecular complexity index is 512. The molecule has 22 heavy (non-hydrogen) atoms. The molecule has 1 N–H and O–H groups in total. The Hall–Kier alpha value is -1.20. The van der Waals surface area contributed by atoms with Gasteiger partial charge in [-0.2, -0.15) is 0 Å². The van der Waals surface area contributed by atoms with E-state index in [1.165, 1.54) is 6.42 Å². The number of carbonyl (C=O) groups excluding carboxylic acids is 1. The fraction of sp³-hybridized carbons (Fsp3) is 0.588. The van der Waals surface area contributed by atoms with E-state index in [1.807, 2.05) is 24.3 Å². The van der Waals surface area contributed by atoms with Crippen molar-refractivity contribution in [2.24, 2.45) is 5.92 Å². The highest BCUT2D eigenvalue weighted by Gasteiger charge is 2.21. The Morgan fingerprint density at radius 2 is 2.09 bits per heavy atom. The van der Waals surface area contributed by atoms with Gasteiger partial charge in [0.25, 0.3) is 0 Å². The first kappa shape index (κ1) is 17.2. The Morgan fingerprint density at radius 3 is 2.82 bits per heavy atom. The summed E-state index contributed by atoms with van der Waals surface area (Å²) in [6, 6.07) is 7.66. The lowest BCUT2D eigenvalue weighted by Gasteiger charge is -2.20. The summed E-state index contributed by atoms with van der Waals surface area (Å²) in [6.07, 6.45) is 5.53. The van der Waals surface area contributed by atoms with E-state index >= 15 is 0 Å². The largest absolute Gasteiger partial charge is 0.384 e. The number of nitrogens with one attached hydrogen (secondary N) is 1. The first-order valence-electron chi connectivity index (χ1n) is 7.93. The molecule has 0 aliphatic heterocycles. The van der Waals surface area contributed by atoms with Crippen LogP contribution in [0.5, 0.6) is 0 Å². The van der Waals surface area contributed by atoms with Crippen LogP contribution in [0.1, 0.15) is 37.7 Å². The predicted molar refractivity (Wildman–Crippen MR) is 90.2 cm³/mol. The maximum atomic E-state index is 12.3. The molecule has 0 radical (unpaired) electrons. The minimum Gasteiger partial charge on any atom is -0.384 e. The summed E-state index contributed by atoms with van der Waals surface area (Å²) in [7, 11) is 0.676. The van der Waals surface area contributed by atoms with E-state index in [2.05, 4.69) is 5.32 Å². The molecule has 1 atom stereocenters. The van der Waals surface area contributed by atoms with Gasteiger partial charge in [0.2, 0.25) is 5.91 Å². The van der Waals surface area contributed by atoms with Crippen LogP contribution in [0.2, 0.25) is 0 Å². The molecule has 1 aromatic rings. The van der Waals surface area contributed by atoms with Crippen LogP contribution in [0.4, 0.5) is 5.69 Å². The van der Waals surface area contributed by atoms with E-state index in [1.54, 1.807) is 7.11 Å². The smallest absolute Gasteiger partial charge is 0.227 e. The molecule has 0 heterocycles. The molecule has 0 aromatic heterocycles. The number of anilines is 1. The second kappa shape index (κ2) is 9.06. The van der Waals surface area contributed by atoms with Crippen LogP contribution in [0.25, 0.3) is 0 Å². The van der Waals surface area contributed by atoms with E-state index in [4.69, 9.17) is 4.74 Å². The number of rotatable bonds is 7. The molecule has 5 heteroatoms. The monoisotopic (exact) mass is 323 g/mol. The van der Waals surface area contributed by atoms with E-state index in [9.17, 15) is 9.00 Å².